The zero-order valence-electron chi connectivity index (χ0n) is 11.0. The molecule has 0 bridgehead atoms. The molecule has 1 aromatic carbocycles. The minimum absolute atomic E-state index is 0.880. The summed E-state index contributed by atoms with van der Waals surface area (Å²) in [5.74, 6) is 0.986. The van der Waals surface area contributed by atoms with Crippen LogP contribution in [-0.4, -0.2) is 16.5 Å². The van der Waals surface area contributed by atoms with Crippen LogP contribution in [0.15, 0.2) is 42.0 Å². The Balaban J connectivity index is 2.14. The number of hydrogen-bond acceptors (Lipinski definition) is 4. The van der Waals surface area contributed by atoms with Crippen molar-refractivity contribution in [1.29, 1.82) is 0 Å². The Morgan fingerprint density at radius 3 is 2.89 bits per heavy atom. The third-order valence-corrected chi connectivity index (χ3v) is 3.95. The molecule has 2 aromatic heterocycles. The van der Waals surface area contributed by atoms with Crippen LogP contribution >= 0.6 is 11.3 Å². The molecule has 0 saturated heterocycles. The Hall–Kier alpha value is -1.94. The average molecular weight is 269 g/mol. The summed E-state index contributed by atoms with van der Waals surface area (Å²) >= 11 is 1.65. The number of aryl methyl sites for hydroxylation is 1. The normalized spacial score (nSPS) is 10.8. The van der Waals surface area contributed by atoms with Crippen LogP contribution in [0.2, 0.25) is 0 Å². The zero-order valence-corrected chi connectivity index (χ0v) is 11.8. The van der Waals surface area contributed by atoms with Gasteiger partial charge >= 0.3 is 0 Å². The van der Waals surface area contributed by atoms with Crippen molar-refractivity contribution >= 4 is 33.1 Å². The summed E-state index contributed by atoms with van der Waals surface area (Å²) in [6.45, 7) is 5.13. The van der Waals surface area contributed by atoms with Crippen LogP contribution in [0.25, 0.3) is 10.2 Å². The molecule has 0 aliphatic carbocycles. The van der Waals surface area contributed by atoms with Crippen molar-refractivity contribution < 1.29 is 0 Å². The first-order valence-corrected chi connectivity index (χ1v) is 7.20. The van der Waals surface area contributed by atoms with Gasteiger partial charge in [-0.1, -0.05) is 12.1 Å². The van der Waals surface area contributed by atoms with E-state index in [1.54, 1.807) is 17.7 Å². The summed E-state index contributed by atoms with van der Waals surface area (Å²) in [5.41, 5.74) is 2.43. The number of nitrogens with zero attached hydrogens (tertiary/aromatic N) is 3. The molecule has 0 radical (unpaired) electrons. The van der Waals surface area contributed by atoms with Gasteiger partial charge in [0.1, 0.15) is 17.0 Å². The van der Waals surface area contributed by atoms with Gasteiger partial charge in [0.15, 0.2) is 0 Å². The molecule has 2 heterocycles. The van der Waals surface area contributed by atoms with Crippen molar-refractivity contribution in [2.24, 2.45) is 0 Å². The molecule has 0 atom stereocenters. The number of hydrogen-bond donors (Lipinski definition) is 0. The minimum atomic E-state index is 0.880. The second-order valence-corrected chi connectivity index (χ2v) is 5.31. The highest BCUT2D eigenvalue weighted by Crippen LogP contribution is 2.31. The van der Waals surface area contributed by atoms with Gasteiger partial charge in [0, 0.05) is 12.2 Å². The molecule has 0 amide bonds. The van der Waals surface area contributed by atoms with Crippen LogP contribution in [0.5, 0.6) is 0 Å². The number of aromatic nitrogens is 2. The Labute approximate surface area is 116 Å². The van der Waals surface area contributed by atoms with Gasteiger partial charge in [-0.2, -0.15) is 0 Å². The molecular formula is C15H15N3S. The van der Waals surface area contributed by atoms with E-state index in [0.29, 0.717) is 0 Å². The Morgan fingerprint density at radius 1 is 1.21 bits per heavy atom. The Morgan fingerprint density at radius 2 is 2.11 bits per heavy atom. The summed E-state index contributed by atoms with van der Waals surface area (Å²) in [5, 5.41) is 3.18. The number of anilines is 2. The van der Waals surface area contributed by atoms with Crippen LogP contribution < -0.4 is 4.90 Å². The largest absolute Gasteiger partial charge is 0.326 e. The van der Waals surface area contributed by atoms with Crippen molar-refractivity contribution in [1.82, 2.24) is 9.97 Å². The fraction of sp³-hybridized carbons (Fsp3) is 0.200. The third-order valence-electron chi connectivity index (χ3n) is 3.13. The maximum Gasteiger partial charge on any atom is 0.145 e. The molecule has 3 rings (SSSR count). The second kappa shape index (κ2) is 4.97. The summed E-state index contributed by atoms with van der Waals surface area (Å²) in [6, 6.07) is 10.6. The lowest BCUT2D eigenvalue weighted by molar-refractivity contribution is 0.990. The summed E-state index contributed by atoms with van der Waals surface area (Å²) < 4.78 is 0. The number of benzene rings is 1. The average Bonchev–Trinajstić information content (AvgIpc) is 2.89. The summed E-state index contributed by atoms with van der Waals surface area (Å²) in [7, 11) is 0. The van der Waals surface area contributed by atoms with Crippen molar-refractivity contribution in [2.75, 3.05) is 11.4 Å². The fourth-order valence-corrected chi connectivity index (χ4v) is 2.97. The molecule has 0 aliphatic heterocycles. The van der Waals surface area contributed by atoms with Crippen LogP contribution in [0.4, 0.5) is 11.5 Å². The number of thiophene rings is 1. The number of fused-ring (bicyclic) bond motifs is 1. The molecule has 4 heteroatoms. The predicted octanol–water partition coefficient (Wildman–Crippen LogP) is 4.16. The highest BCUT2D eigenvalue weighted by atomic mass is 32.1. The lowest BCUT2D eigenvalue weighted by Crippen LogP contribution is -2.17. The van der Waals surface area contributed by atoms with Gasteiger partial charge in [0.05, 0.1) is 5.39 Å². The lowest BCUT2D eigenvalue weighted by atomic mass is 10.2. The first-order chi connectivity index (χ1) is 9.29. The van der Waals surface area contributed by atoms with Gasteiger partial charge in [-0.25, -0.2) is 9.97 Å². The topological polar surface area (TPSA) is 29.0 Å². The smallest absolute Gasteiger partial charge is 0.145 e. The Bertz CT molecular complexity index is 705. The first kappa shape index (κ1) is 12.1. The summed E-state index contributed by atoms with van der Waals surface area (Å²) in [6.07, 6.45) is 1.65. The molecular weight excluding hydrogens is 254 g/mol. The van der Waals surface area contributed by atoms with E-state index in [1.165, 1.54) is 11.3 Å². The molecule has 0 fully saturated rings. The van der Waals surface area contributed by atoms with E-state index in [4.69, 9.17) is 0 Å². The van der Waals surface area contributed by atoms with E-state index in [-0.39, 0.29) is 0 Å². The van der Waals surface area contributed by atoms with Gasteiger partial charge in [-0.05, 0) is 43.0 Å². The van der Waals surface area contributed by atoms with Crippen molar-refractivity contribution in [3.05, 3.63) is 47.6 Å². The van der Waals surface area contributed by atoms with Gasteiger partial charge in [0.25, 0.3) is 0 Å². The van der Waals surface area contributed by atoms with Crippen molar-refractivity contribution in [3.8, 4) is 0 Å². The SMILES string of the molecule is CCN(c1cccc(C)c1)c1ncnc2sccc12. The van der Waals surface area contributed by atoms with E-state index < -0.39 is 0 Å². The molecule has 3 nitrogen and oxygen atoms in total. The molecule has 19 heavy (non-hydrogen) atoms. The first-order valence-electron chi connectivity index (χ1n) is 6.32. The van der Waals surface area contributed by atoms with Crippen molar-refractivity contribution in [3.63, 3.8) is 0 Å². The monoisotopic (exact) mass is 269 g/mol. The van der Waals surface area contributed by atoms with Gasteiger partial charge in [0.2, 0.25) is 0 Å². The van der Waals surface area contributed by atoms with Crippen LogP contribution in [-0.2, 0) is 0 Å². The Kier molecular flexibility index (Phi) is 3.17. The van der Waals surface area contributed by atoms with Gasteiger partial charge < -0.3 is 4.90 Å². The minimum Gasteiger partial charge on any atom is -0.326 e. The molecule has 0 spiro atoms. The highest BCUT2D eigenvalue weighted by molar-refractivity contribution is 7.16. The van der Waals surface area contributed by atoms with E-state index >= 15 is 0 Å². The molecule has 0 unspecified atom stereocenters. The quantitative estimate of drug-likeness (QED) is 0.715. The van der Waals surface area contributed by atoms with Crippen LogP contribution in [0, 0.1) is 6.92 Å². The van der Waals surface area contributed by atoms with E-state index in [0.717, 1.165) is 22.6 Å². The van der Waals surface area contributed by atoms with E-state index in [2.05, 4.69) is 64.4 Å². The fourth-order valence-electron chi connectivity index (χ4n) is 2.24. The van der Waals surface area contributed by atoms with E-state index in [9.17, 15) is 0 Å². The standard InChI is InChI=1S/C15H15N3S/c1-3-18(12-6-4-5-11(2)9-12)14-13-7-8-19-15(13)17-10-16-14/h4-10H,3H2,1-2H3. The van der Waals surface area contributed by atoms with Crippen LogP contribution in [0.3, 0.4) is 0 Å². The van der Waals surface area contributed by atoms with Gasteiger partial charge in [-0.3, -0.25) is 0 Å². The lowest BCUT2D eigenvalue weighted by Gasteiger charge is -2.23. The third kappa shape index (κ3) is 2.19. The molecule has 3 aromatic rings. The number of rotatable bonds is 3. The summed E-state index contributed by atoms with van der Waals surface area (Å²) in [4.78, 5) is 12.1. The van der Waals surface area contributed by atoms with Crippen LogP contribution in [0.1, 0.15) is 12.5 Å². The van der Waals surface area contributed by atoms with E-state index in [1.807, 2.05) is 0 Å². The second-order valence-electron chi connectivity index (χ2n) is 4.42. The molecule has 0 saturated carbocycles. The predicted molar refractivity (Wildman–Crippen MR) is 81.3 cm³/mol. The molecule has 96 valence electrons. The molecule has 0 N–H and O–H groups in total. The van der Waals surface area contributed by atoms with Gasteiger partial charge in [-0.15, -0.1) is 11.3 Å². The van der Waals surface area contributed by atoms with Crippen molar-refractivity contribution in [2.45, 2.75) is 13.8 Å². The maximum absolute atomic E-state index is 4.48. The maximum atomic E-state index is 4.48. The highest BCUT2D eigenvalue weighted by Gasteiger charge is 2.13. The molecule has 0 aliphatic rings. The zero-order chi connectivity index (χ0) is 13.2.